The number of carbonyl (C=O) groups is 1. The summed E-state index contributed by atoms with van der Waals surface area (Å²) in [6, 6.07) is 32.2. The molecule has 0 aliphatic rings. The van der Waals surface area contributed by atoms with Crippen molar-refractivity contribution < 1.29 is 4.79 Å². The zero-order chi connectivity index (χ0) is 21.0. The quantitative estimate of drug-likeness (QED) is 0.301. The highest BCUT2D eigenvalue weighted by molar-refractivity contribution is 6.01. The summed E-state index contributed by atoms with van der Waals surface area (Å²) >= 11 is 0. The molecule has 1 N–H and O–H groups in total. The number of hydrazone groups is 1. The van der Waals surface area contributed by atoms with Crippen LogP contribution in [0.25, 0.3) is 21.7 Å². The van der Waals surface area contributed by atoms with Crippen LogP contribution in [0.5, 0.6) is 0 Å². The molecule has 5 rings (SSSR count). The Hall–Kier alpha value is -4.18. The van der Waals surface area contributed by atoms with Crippen LogP contribution in [0.15, 0.2) is 108 Å². The second-order valence-electron chi connectivity index (χ2n) is 7.48. The van der Waals surface area contributed by atoms with E-state index in [4.69, 9.17) is 0 Å². The maximum absolute atomic E-state index is 12.6. The molecule has 0 atom stereocenters. The first kappa shape index (κ1) is 18.8. The highest BCUT2D eigenvalue weighted by Gasteiger charge is 2.08. The van der Waals surface area contributed by atoms with Crippen molar-refractivity contribution in [3.63, 3.8) is 0 Å². The lowest BCUT2D eigenvalue weighted by atomic mass is 10.1. The largest absolute Gasteiger partial charge is 0.342 e. The lowest BCUT2D eigenvalue weighted by Gasteiger charge is -2.05. The average Bonchev–Trinajstić information content (AvgIpc) is 3.17. The van der Waals surface area contributed by atoms with E-state index in [-0.39, 0.29) is 5.91 Å². The van der Waals surface area contributed by atoms with Gasteiger partial charge in [-0.05, 0) is 34.5 Å². The van der Waals surface area contributed by atoms with Crippen LogP contribution in [0.4, 0.5) is 0 Å². The topological polar surface area (TPSA) is 46.4 Å². The third-order valence-corrected chi connectivity index (χ3v) is 5.40. The number of aromatic nitrogens is 1. The molecule has 0 unspecified atom stereocenters. The van der Waals surface area contributed by atoms with Crippen LogP contribution in [0.1, 0.15) is 21.5 Å². The van der Waals surface area contributed by atoms with E-state index in [0.29, 0.717) is 5.56 Å². The lowest BCUT2D eigenvalue weighted by Crippen LogP contribution is -2.17. The van der Waals surface area contributed by atoms with Gasteiger partial charge in [-0.2, -0.15) is 5.10 Å². The molecule has 4 nitrogen and oxygen atoms in total. The van der Waals surface area contributed by atoms with Crippen LogP contribution in [-0.2, 0) is 6.54 Å². The first-order valence-electron chi connectivity index (χ1n) is 10.2. The fourth-order valence-corrected chi connectivity index (χ4v) is 3.84. The van der Waals surface area contributed by atoms with Crippen LogP contribution in [0, 0.1) is 0 Å². The monoisotopic (exact) mass is 403 g/mol. The molecule has 0 saturated carbocycles. The zero-order valence-electron chi connectivity index (χ0n) is 16.9. The van der Waals surface area contributed by atoms with Gasteiger partial charge in [0.05, 0.1) is 6.21 Å². The van der Waals surface area contributed by atoms with Gasteiger partial charge in [0, 0.05) is 34.8 Å². The van der Waals surface area contributed by atoms with Gasteiger partial charge in [0.25, 0.3) is 5.91 Å². The Morgan fingerprint density at radius 2 is 1.58 bits per heavy atom. The van der Waals surface area contributed by atoms with Crippen LogP contribution in [0.2, 0.25) is 0 Å². The Bertz CT molecular complexity index is 1400. The van der Waals surface area contributed by atoms with Crippen molar-refractivity contribution in [3.8, 4) is 0 Å². The van der Waals surface area contributed by atoms with E-state index in [1.807, 2.05) is 72.8 Å². The van der Waals surface area contributed by atoms with E-state index in [0.717, 1.165) is 33.8 Å². The van der Waals surface area contributed by atoms with Crippen molar-refractivity contribution in [3.05, 3.63) is 120 Å². The Labute approximate surface area is 180 Å². The third kappa shape index (κ3) is 3.96. The highest BCUT2D eigenvalue weighted by atomic mass is 16.2. The summed E-state index contributed by atoms with van der Waals surface area (Å²) in [5, 5.41) is 7.47. The summed E-state index contributed by atoms with van der Waals surface area (Å²) in [6.07, 6.45) is 3.78. The van der Waals surface area contributed by atoms with E-state index in [9.17, 15) is 4.79 Å². The molecular weight excluding hydrogens is 382 g/mol. The smallest absolute Gasteiger partial charge is 0.271 e. The van der Waals surface area contributed by atoms with Gasteiger partial charge in [-0.25, -0.2) is 5.43 Å². The number of hydrogen-bond acceptors (Lipinski definition) is 2. The molecule has 31 heavy (non-hydrogen) atoms. The minimum Gasteiger partial charge on any atom is -0.342 e. The van der Waals surface area contributed by atoms with Gasteiger partial charge in [-0.15, -0.1) is 0 Å². The first-order valence-corrected chi connectivity index (χ1v) is 10.2. The molecule has 150 valence electrons. The molecule has 0 saturated heterocycles. The van der Waals surface area contributed by atoms with Gasteiger partial charge in [-0.1, -0.05) is 78.9 Å². The summed E-state index contributed by atoms with van der Waals surface area (Å²) < 4.78 is 2.21. The number of fused-ring (bicyclic) bond motifs is 2. The summed E-state index contributed by atoms with van der Waals surface area (Å²) in [5.74, 6) is -0.227. The molecule has 5 aromatic rings. The molecule has 4 heteroatoms. The molecule has 1 aromatic heterocycles. The number of para-hydroxylation sites is 1. The Kier molecular flexibility index (Phi) is 5.03. The summed E-state index contributed by atoms with van der Waals surface area (Å²) in [7, 11) is 0. The predicted octanol–water partition coefficient (Wildman–Crippen LogP) is 5.61. The number of amides is 1. The SMILES string of the molecule is O=C(N/N=C\c1cn(Cc2ccccc2)c2ccccc12)c1ccc2ccccc2c1. The summed E-state index contributed by atoms with van der Waals surface area (Å²) in [5.41, 5.74) is 6.57. The fourth-order valence-electron chi connectivity index (χ4n) is 3.84. The molecule has 1 heterocycles. The van der Waals surface area contributed by atoms with Gasteiger partial charge >= 0.3 is 0 Å². The van der Waals surface area contributed by atoms with Gasteiger partial charge in [0.1, 0.15) is 0 Å². The molecule has 0 radical (unpaired) electrons. The summed E-state index contributed by atoms with van der Waals surface area (Å²) in [4.78, 5) is 12.6. The first-order chi connectivity index (χ1) is 15.3. The number of nitrogens with one attached hydrogen (secondary N) is 1. The number of rotatable bonds is 5. The number of hydrogen-bond donors (Lipinski definition) is 1. The maximum atomic E-state index is 12.6. The number of nitrogens with zero attached hydrogens (tertiary/aromatic N) is 2. The molecule has 0 fully saturated rings. The van der Waals surface area contributed by atoms with Crippen molar-refractivity contribution in [1.82, 2.24) is 9.99 Å². The molecule has 0 aliphatic carbocycles. The molecule has 4 aromatic carbocycles. The highest BCUT2D eigenvalue weighted by Crippen LogP contribution is 2.21. The molecule has 0 bridgehead atoms. The minimum absolute atomic E-state index is 0.227. The van der Waals surface area contributed by atoms with E-state index in [1.54, 1.807) is 6.21 Å². The van der Waals surface area contributed by atoms with Crippen molar-refractivity contribution in [2.45, 2.75) is 6.54 Å². The van der Waals surface area contributed by atoms with Gasteiger partial charge < -0.3 is 4.57 Å². The van der Waals surface area contributed by atoms with E-state index < -0.39 is 0 Å². The van der Waals surface area contributed by atoms with Crippen LogP contribution in [-0.4, -0.2) is 16.7 Å². The molecule has 0 spiro atoms. The van der Waals surface area contributed by atoms with Gasteiger partial charge in [0.15, 0.2) is 0 Å². The van der Waals surface area contributed by atoms with Crippen molar-refractivity contribution in [2.75, 3.05) is 0 Å². The average molecular weight is 403 g/mol. The van der Waals surface area contributed by atoms with E-state index in [2.05, 4.69) is 45.6 Å². The standard InChI is InChI=1S/C27H21N3O/c31-27(23-15-14-21-10-4-5-11-22(21)16-23)29-28-17-24-19-30(18-20-8-2-1-3-9-20)26-13-7-6-12-25(24)26/h1-17,19H,18H2,(H,29,31)/b28-17-. The third-order valence-electron chi connectivity index (χ3n) is 5.40. The van der Waals surface area contributed by atoms with Gasteiger partial charge in [-0.3, -0.25) is 4.79 Å². The Morgan fingerprint density at radius 3 is 2.45 bits per heavy atom. The minimum atomic E-state index is -0.227. The van der Waals surface area contributed by atoms with E-state index >= 15 is 0 Å². The lowest BCUT2D eigenvalue weighted by molar-refractivity contribution is 0.0955. The van der Waals surface area contributed by atoms with Crippen LogP contribution < -0.4 is 5.43 Å². The van der Waals surface area contributed by atoms with Crippen LogP contribution >= 0.6 is 0 Å². The normalized spacial score (nSPS) is 11.4. The van der Waals surface area contributed by atoms with Crippen molar-refractivity contribution >= 4 is 33.8 Å². The maximum Gasteiger partial charge on any atom is 0.271 e. The second kappa shape index (κ2) is 8.28. The van der Waals surface area contributed by atoms with Gasteiger partial charge in [0.2, 0.25) is 0 Å². The Balaban J connectivity index is 1.37. The number of benzene rings is 4. The predicted molar refractivity (Wildman–Crippen MR) is 126 cm³/mol. The molecule has 1 amide bonds. The molecule has 0 aliphatic heterocycles. The van der Waals surface area contributed by atoms with Crippen LogP contribution in [0.3, 0.4) is 0 Å². The Morgan fingerprint density at radius 1 is 0.839 bits per heavy atom. The fraction of sp³-hybridized carbons (Fsp3) is 0.0370. The van der Waals surface area contributed by atoms with Crippen molar-refractivity contribution in [2.24, 2.45) is 5.10 Å². The van der Waals surface area contributed by atoms with Crippen molar-refractivity contribution in [1.29, 1.82) is 0 Å². The molecular formula is C27H21N3O. The summed E-state index contributed by atoms with van der Waals surface area (Å²) in [6.45, 7) is 0.776. The number of carbonyl (C=O) groups excluding carboxylic acids is 1. The van der Waals surface area contributed by atoms with E-state index in [1.165, 1.54) is 5.56 Å². The zero-order valence-corrected chi connectivity index (χ0v) is 16.9. The second-order valence-corrected chi connectivity index (χ2v) is 7.48.